The Hall–Kier alpha value is -3.54. The smallest absolute Gasteiger partial charge is 0.256 e. The summed E-state index contributed by atoms with van der Waals surface area (Å²) in [5.41, 5.74) is 5.54. The molecule has 0 bridgehead atoms. The Balaban J connectivity index is 1.40. The van der Waals surface area contributed by atoms with Gasteiger partial charge in [-0.05, 0) is 41.5 Å². The van der Waals surface area contributed by atoms with Crippen molar-refractivity contribution in [3.05, 3.63) is 78.1 Å². The van der Waals surface area contributed by atoms with E-state index in [2.05, 4.69) is 20.6 Å². The van der Waals surface area contributed by atoms with Gasteiger partial charge in [0.15, 0.2) is 0 Å². The Labute approximate surface area is 162 Å². The van der Waals surface area contributed by atoms with Crippen molar-refractivity contribution in [3.63, 3.8) is 0 Å². The highest BCUT2D eigenvalue weighted by molar-refractivity contribution is 6.04. The van der Waals surface area contributed by atoms with Gasteiger partial charge in [-0.3, -0.25) is 14.8 Å². The van der Waals surface area contributed by atoms with Crippen LogP contribution in [0.15, 0.2) is 61.1 Å². The molecule has 0 fully saturated rings. The van der Waals surface area contributed by atoms with E-state index >= 15 is 0 Å². The standard InChI is InChI=1S/C22H19N5O/c1-26-19-5-3-2-4-17(19)25-20(26)9-13-27-14-18-21(22(27)28)16(8-12-24-18)15-6-10-23-11-7-15/h2-8,10-12H,9,13-14H2,1H3. The Kier molecular flexibility index (Phi) is 3.90. The number of imidazole rings is 1. The maximum atomic E-state index is 13.1. The van der Waals surface area contributed by atoms with Crippen LogP contribution in [0.25, 0.3) is 22.2 Å². The summed E-state index contributed by atoms with van der Waals surface area (Å²) < 4.78 is 2.10. The first-order valence-electron chi connectivity index (χ1n) is 9.30. The molecule has 4 aromatic rings. The van der Waals surface area contributed by atoms with Gasteiger partial charge in [0.1, 0.15) is 5.82 Å². The maximum Gasteiger partial charge on any atom is 0.256 e. The molecular formula is C22H19N5O. The fourth-order valence-electron chi connectivity index (χ4n) is 3.88. The SMILES string of the molecule is Cn1c(CCN2Cc3nccc(-c4ccncc4)c3C2=O)nc2ccccc21. The van der Waals surface area contributed by atoms with Gasteiger partial charge in [0.2, 0.25) is 0 Å². The number of rotatable bonds is 4. The molecule has 4 heterocycles. The van der Waals surface area contributed by atoms with Crippen LogP contribution in [0.3, 0.4) is 0 Å². The lowest BCUT2D eigenvalue weighted by molar-refractivity contribution is 0.0779. The predicted octanol–water partition coefficient (Wildman–Crippen LogP) is 3.23. The molecule has 6 heteroatoms. The van der Waals surface area contributed by atoms with Crippen molar-refractivity contribution >= 4 is 16.9 Å². The summed E-state index contributed by atoms with van der Waals surface area (Å²) in [6, 6.07) is 13.8. The van der Waals surface area contributed by atoms with E-state index in [1.807, 2.05) is 48.3 Å². The summed E-state index contributed by atoms with van der Waals surface area (Å²) in [6.07, 6.45) is 5.96. The molecule has 1 amide bonds. The van der Waals surface area contributed by atoms with Gasteiger partial charge in [0, 0.05) is 38.6 Å². The predicted molar refractivity (Wildman–Crippen MR) is 107 cm³/mol. The van der Waals surface area contributed by atoms with Crippen LogP contribution < -0.4 is 0 Å². The van der Waals surface area contributed by atoms with Crippen LogP contribution in [0.5, 0.6) is 0 Å². The third-order valence-corrected chi connectivity index (χ3v) is 5.35. The van der Waals surface area contributed by atoms with Crippen molar-refractivity contribution < 1.29 is 4.79 Å². The van der Waals surface area contributed by atoms with E-state index in [9.17, 15) is 4.79 Å². The van der Waals surface area contributed by atoms with Crippen LogP contribution in [0.4, 0.5) is 0 Å². The van der Waals surface area contributed by atoms with Gasteiger partial charge in [-0.15, -0.1) is 0 Å². The second-order valence-electron chi connectivity index (χ2n) is 6.97. The molecule has 0 spiro atoms. The number of pyridine rings is 2. The molecule has 5 rings (SSSR count). The van der Waals surface area contributed by atoms with Crippen LogP contribution in [-0.2, 0) is 20.0 Å². The molecular weight excluding hydrogens is 350 g/mol. The van der Waals surface area contributed by atoms with Crippen LogP contribution >= 0.6 is 0 Å². The van der Waals surface area contributed by atoms with Gasteiger partial charge in [0.05, 0.1) is 28.8 Å². The summed E-state index contributed by atoms with van der Waals surface area (Å²) >= 11 is 0. The van der Waals surface area contributed by atoms with Crippen molar-refractivity contribution in [2.45, 2.75) is 13.0 Å². The third-order valence-electron chi connectivity index (χ3n) is 5.35. The monoisotopic (exact) mass is 369 g/mol. The Morgan fingerprint density at radius 1 is 1.04 bits per heavy atom. The van der Waals surface area contributed by atoms with Crippen molar-refractivity contribution in [1.29, 1.82) is 0 Å². The minimum atomic E-state index is 0.0358. The summed E-state index contributed by atoms with van der Waals surface area (Å²) in [7, 11) is 2.02. The van der Waals surface area contributed by atoms with Crippen LogP contribution in [0.2, 0.25) is 0 Å². The molecule has 6 nitrogen and oxygen atoms in total. The molecule has 1 aromatic carbocycles. The van der Waals surface area contributed by atoms with Crippen molar-refractivity contribution in [2.75, 3.05) is 6.54 Å². The number of hydrogen-bond donors (Lipinski definition) is 0. The highest BCUT2D eigenvalue weighted by Gasteiger charge is 2.31. The quantitative estimate of drug-likeness (QED) is 0.554. The highest BCUT2D eigenvalue weighted by atomic mass is 16.2. The molecule has 0 radical (unpaired) electrons. The van der Waals surface area contributed by atoms with Crippen LogP contribution in [0, 0.1) is 0 Å². The average Bonchev–Trinajstić information content (AvgIpc) is 3.24. The first kappa shape index (κ1) is 16.6. The second kappa shape index (κ2) is 6.56. The summed E-state index contributed by atoms with van der Waals surface area (Å²) in [6.45, 7) is 1.15. The molecule has 1 aliphatic heterocycles. The van der Waals surface area contributed by atoms with Gasteiger partial charge in [-0.1, -0.05) is 12.1 Å². The number of aryl methyl sites for hydroxylation is 1. The van der Waals surface area contributed by atoms with Gasteiger partial charge in [0.25, 0.3) is 5.91 Å². The number of para-hydroxylation sites is 2. The largest absolute Gasteiger partial charge is 0.332 e. The van der Waals surface area contributed by atoms with E-state index in [0.717, 1.165) is 33.7 Å². The number of carbonyl (C=O) groups is 1. The first-order chi connectivity index (χ1) is 13.7. The highest BCUT2D eigenvalue weighted by Crippen LogP contribution is 2.31. The summed E-state index contributed by atoms with van der Waals surface area (Å²) in [4.78, 5) is 28.2. The van der Waals surface area contributed by atoms with E-state index < -0.39 is 0 Å². The van der Waals surface area contributed by atoms with Gasteiger partial charge in [-0.2, -0.15) is 0 Å². The minimum absolute atomic E-state index is 0.0358. The number of amides is 1. The number of nitrogens with zero attached hydrogens (tertiary/aromatic N) is 5. The maximum absolute atomic E-state index is 13.1. The van der Waals surface area contributed by atoms with E-state index in [1.54, 1.807) is 18.6 Å². The number of hydrogen-bond acceptors (Lipinski definition) is 4. The third kappa shape index (κ3) is 2.65. The lowest BCUT2D eigenvalue weighted by atomic mass is 10.0. The van der Waals surface area contributed by atoms with E-state index in [4.69, 9.17) is 4.98 Å². The molecule has 1 aliphatic rings. The summed E-state index contributed by atoms with van der Waals surface area (Å²) in [5, 5.41) is 0. The number of aromatic nitrogens is 4. The van der Waals surface area contributed by atoms with Crippen LogP contribution in [-0.4, -0.2) is 36.9 Å². The number of carbonyl (C=O) groups excluding carboxylic acids is 1. The van der Waals surface area contributed by atoms with E-state index in [1.165, 1.54) is 0 Å². The fraction of sp³-hybridized carbons (Fsp3) is 0.182. The van der Waals surface area contributed by atoms with Gasteiger partial charge >= 0.3 is 0 Å². The molecule has 0 saturated carbocycles. The lowest BCUT2D eigenvalue weighted by Gasteiger charge is -2.15. The Morgan fingerprint density at radius 3 is 2.68 bits per heavy atom. The Morgan fingerprint density at radius 2 is 1.86 bits per heavy atom. The van der Waals surface area contributed by atoms with Gasteiger partial charge in [-0.25, -0.2) is 4.98 Å². The molecule has 3 aromatic heterocycles. The molecule has 0 atom stereocenters. The van der Waals surface area contributed by atoms with Crippen molar-refractivity contribution in [1.82, 2.24) is 24.4 Å². The second-order valence-corrected chi connectivity index (χ2v) is 6.97. The molecule has 0 saturated heterocycles. The van der Waals surface area contributed by atoms with E-state index in [0.29, 0.717) is 25.1 Å². The normalized spacial score (nSPS) is 13.3. The van der Waals surface area contributed by atoms with Gasteiger partial charge < -0.3 is 9.47 Å². The number of fused-ring (bicyclic) bond motifs is 2. The number of benzene rings is 1. The first-order valence-corrected chi connectivity index (χ1v) is 9.30. The zero-order valence-corrected chi connectivity index (χ0v) is 15.5. The zero-order valence-electron chi connectivity index (χ0n) is 15.5. The minimum Gasteiger partial charge on any atom is -0.332 e. The lowest BCUT2D eigenvalue weighted by Crippen LogP contribution is -2.27. The fourth-order valence-corrected chi connectivity index (χ4v) is 3.88. The molecule has 0 unspecified atom stereocenters. The molecule has 0 N–H and O–H groups in total. The summed E-state index contributed by atoms with van der Waals surface area (Å²) in [5.74, 6) is 1.01. The van der Waals surface area contributed by atoms with Crippen molar-refractivity contribution in [2.24, 2.45) is 7.05 Å². The molecule has 28 heavy (non-hydrogen) atoms. The average molecular weight is 369 g/mol. The zero-order chi connectivity index (χ0) is 19.1. The van der Waals surface area contributed by atoms with E-state index in [-0.39, 0.29) is 5.91 Å². The molecule has 0 aliphatic carbocycles. The topological polar surface area (TPSA) is 63.9 Å². The van der Waals surface area contributed by atoms with Crippen molar-refractivity contribution in [3.8, 4) is 11.1 Å². The van der Waals surface area contributed by atoms with Crippen LogP contribution in [0.1, 0.15) is 21.9 Å². The molecule has 138 valence electrons. The Bertz CT molecular complexity index is 1180.